The second-order valence-electron chi connectivity index (χ2n) is 7.77. The van der Waals surface area contributed by atoms with Crippen LogP contribution < -0.4 is 10.4 Å². The molecule has 126 valence electrons. The lowest BCUT2D eigenvalue weighted by Gasteiger charge is -2.43. The first kappa shape index (κ1) is 17.1. The van der Waals surface area contributed by atoms with E-state index < -0.39 is 8.32 Å². The van der Waals surface area contributed by atoms with Crippen molar-refractivity contribution in [1.82, 2.24) is 0 Å². The number of carbonyl (C=O) groups excluding carboxylic acids is 1. The quantitative estimate of drug-likeness (QED) is 0.596. The van der Waals surface area contributed by atoms with E-state index in [1.54, 1.807) is 0 Å². The van der Waals surface area contributed by atoms with Gasteiger partial charge in [0, 0.05) is 12.5 Å². The number of hydrogen-bond donors (Lipinski definition) is 0. The fraction of sp³-hybridized carbons (Fsp3) is 0.381. The Hall–Kier alpha value is -1.71. The zero-order valence-electron chi connectivity index (χ0n) is 14.7. The van der Waals surface area contributed by atoms with Crippen LogP contribution in [0.1, 0.15) is 27.2 Å². The summed E-state index contributed by atoms with van der Waals surface area (Å²) in [5.74, 6) is 0.590. The summed E-state index contributed by atoms with van der Waals surface area (Å²) in [5, 5.41) is 2.60. The first-order chi connectivity index (χ1) is 11.5. The molecule has 1 aliphatic rings. The highest BCUT2D eigenvalue weighted by Gasteiger charge is 2.51. The van der Waals surface area contributed by atoms with Crippen molar-refractivity contribution < 1.29 is 9.22 Å². The Labute approximate surface area is 146 Å². The van der Waals surface area contributed by atoms with E-state index in [1.165, 1.54) is 10.4 Å². The van der Waals surface area contributed by atoms with E-state index in [4.69, 9.17) is 4.43 Å². The Morgan fingerprint density at radius 1 is 1.00 bits per heavy atom. The van der Waals surface area contributed by atoms with E-state index in [2.05, 4.69) is 81.4 Å². The minimum absolute atomic E-state index is 0.00126. The lowest BCUT2D eigenvalue weighted by Crippen LogP contribution is -2.66. The number of aldehydes is 1. The molecule has 24 heavy (non-hydrogen) atoms. The minimum atomic E-state index is -2.43. The maximum Gasteiger partial charge on any atom is 0.261 e. The summed E-state index contributed by atoms with van der Waals surface area (Å²) < 4.78 is 6.80. The second-order valence-corrected chi connectivity index (χ2v) is 12.1. The minimum Gasteiger partial charge on any atom is -0.407 e. The average molecular weight is 339 g/mol. The van der Waals surface area contributed by atoms with E-state index in [-0.39, 0.29) is 11.0 Å². The van der Waals surface area contributed by atoms with Crippen LogP contribution in [0.3, 0.4) is 0 Å². The van der Waals surface area contributed by atoms with Crippen molar-refractivity contribution in [2.75, 3.05) is 6.61 Å². The van der Waals surface area contributed by atoms with Crippen LogP contribution in [0.4, 0.5) is 0 Å². The molecule has 3 heteroatoms. The summed E-state index contributed by atoms with van der Waals surface area (Å²) in [6, 6.07) is 21.3. The van der Waals surface area contributed by atoms with Crippen LogP contribution in [-0.2, 0) is 9.22 Å². The molecule has 1 aliphatic carbocycles. The molecular formula is C21H26O2Si. The number of rotatable bonds is 6. The van der Waals surface area contributed by atoms with E-state index in [0.29, 0.717) is 12.5 Å². The number of benzene rings is 2. The van der Waals surface area contributed by atoms with Gasteiger partial charge >= 0.3 is 0 Å². The van der Waals surface area contributed by atoms with Gasteiger partial charge in [-0.1, -0.05) is 81.4 Å². The molecule has 2 atom stereocenters. The molecule has 0 spiro atoms. The molecular weight excluding hydrogens is 312 g/mol. The molecule has 0 aliphatic heterocycles. The predicted octanol–water partition coefficient (Wildman–Crippen LogP) is 3.40. The van der Waals surface area contributed by atoms with E-state index in [0.717, 1.165) is 12.7 Å². The summed E-state index contributed by atoms with van der Waals surface area (Å²) in [6.45, 7) is 7.52. The summed E-state index contributed by atoms with van der Waals surface area (Å²) in [4.78, 5) is 11.0. The van der Waals surface area contributed by atoms with Crippen molar-refractivity contribution in [3.05, 3.63) is 60.7 Å². The van der Waals surface area contributed by atoms with Crippen LogP contribution in [0.2, 0.25) is 5.04 Å². The molecule has 0 heterocycles. The summed E-state index contributed by atoms with van der Waals surface area (Å²) >= 11 is 0. The highest BCUT2D eigenvalue weighted by atomic mass is 28.4. The van der Waals surface area contributed by atoms with E-state index in [9.17, 15) is 4.79 Å². The lowest BCUT2D eigenvalue weighted by molar-refractivity contribution is -0.109. The summed E-state index contributed by atoms with van der Waals surface area (Å²) in [7, 11) is -2.43. The molecule has 0 aromatic heterocycles. The van der Waals surface area contributed by atoms with Crippen LogP contribution >= 0.6 is 0 Å². The second kappa shape index (κ2) is 6.65. The first-order valence-electron chi connectivity index (χ1n) is 8.69. The molecule has 2 aromatic rings. The van der Waals surface area contributed by atoms with Crippen LogP contribution in [0.5, 0.6) is 0 Å². The Morgan fingerprint density at radius 2 is 1.50 bits per heavy atom. The molecule has 0 radical (unpaired) electrons. The van der Waals surface area contributed by atoms with Gasteiger partial charge in [0.05, 0.1) is 0 Å². The monoisotopic (exact) mass is 338 g/mol. The smallest absolute Gasteiger partial charge is 0.261 e. The zero-order chi connectivity index (χ0) is 17.2. The van der Waals surface area contributed by atoms with Gasteiger partial charge < -0.3 is 9.22 Å². The van der Waals surface area contributed by atoms with Crippen LogP contribution in [0, 0.1) is 11.8 Å². The Kier molecular flexibility index (Phi) is 4.75. The van der Waals surface area contributed by atoms with Crippen LogP contribution in [0.15, 0.2) is 60.7 Å². The van der Waals surface area contributed by atoms with Crippen LogP contribution in [-0.4, -0.2) is 21.2 Å². The third kappa shape index (κ3) is 3.11. The molecule has 1 saturated carbocycles. The standard InChI is InChI=1S/C21H26O2Si/c1-21(2,3)24(19-10-6-4-7-11-19,20-12-8-5-9-13-20)23-16-18-14-17(18)15-22/h4-13,15,17-18H,14,16H2,1-3H3/t17-,18?/m0/s1. The molecule has 2 aromatic carbocycles. The topological polar surface area (TPSA) is 26.3 Å². The van der Waals surface area contributed by atoms with Gasteiger partial charge in [-0.3, -0.25) is 0 Å². The largest absolute Gasteiger partial charge is 0.407 e. The normalized spacial score (nSPS) is 20.6. The van der Waals surface area contributed by atoms with Gasteiger partial charge in [-0.15, -0.1) is 0 Å². The number of hydrogen-bond acceptors (Lipinski definition) is 2. The summed E-state index contributed by atoms with van der Waals surface area (Å²) in [5.41, 5.74) is 0. The predicted molar refractivity (Wildman–Crippen MR) is 101 cm³/mol. The van der Waals surface area contributed by atoms with Crippen molar-refractivity contribution in [1.29, 1.82) is 0 Å². The fourth-order valence-corrected chi connectivity index (χ4v) is 8.24. The van der Waals surface area contributed by atoms with E-state index >= 15 is 0 Å². The van der Waals surface area contributed by atoms with Gasteiger partial charge in [0.15, 0.2) is 0 Å². The Balaban J connectivity index is 2.05. The molecule has 2 nitrogen and oxygen atoms in total. The van der Waals surface area contributed by atoms with Crippen molar-refractivity contribution in [2.24, 2.45) is 11.8 Å². The van der Waals surface area contributed by atoms with Crippen molar-refractivity contribution in [2.45, 2.75) is 32.2 Å². The lowest BCUT2D eigenvalue weighted by atomic mass is 10.2. The molecule has 1 fully saturated rings. The molecule has 0 N–H and O–H groups in total. The van der Waals surface area contributed by atoms with Gasteiger partial charge in [-0.2, -0.15) is 0 Å². The van der Waals surface area contributed by atoms with E-state index in [1.807, 2.05) is 0 Å². The Bertz CT molecular complexity index is 636. The van der Waals surface area contributed by atoms with Gasteiger partial charge in [0.2, 0.25) is 0 Å². The average Bonchev–Trinajstić information content (AvgIpc) is 3.35. The highest BCUT2D eigenvalue weighted by molar-refractivity contribution is 6.99. The van der Waals surface area contributed by atoms with Crippen molar-refractivity contribution in [3.8, 4) is 0 Å². The molecule has 1 unspecified atom stereocenters. The van der Waals surface area contributed by atoms with Gasteiger partial charge in [-0.05, 0) is 27.8 Å². The first-order valence-corrected chi connectivity index (χ1v) is 10.6. The Morgan fingerprint density at radius 3 is 1.88 bits per heavy atom. The molecule has 0 saturated heterocycles. The zero-order valence-corrected chi connectivity index (χ0v) is 15.7. The third-order valence-corrected chi connectivity index (χ3v) is 10.1. The fourth-order valence-electron chi connectivity index (χ4n) is 3.62. The van der Waals surface area contributed by atoms with Gasteiger partial charge in [0.1, 0.15) is 6.29 Å². The van der Waals surface area contributed by atoms with Crippen molar-refractivity contribution in [3.63, 3.8) is 0 Å². The molecule has 0 bridgehead atoms. The maximum atomic E-state index is 11.0. The molecule has 0 amide bonds. The third-order valence-electron chi connectivity index (χ3n) is 5.08. The van der Waals surface area contributed by atoms with Gasteiger partial charge in [-0.25, -0.2) is 0 Å². The summed E-state index contributed by atoms with van der Waals surface area (Å²) in [6.07, 6.45) is 2.06. The van der Waals surface area contributed by atoms with Crippen molar-refractivity contribution >= 4 is 25.0 Å². The highest BCUT2D eigenvalue weighted by Crippen LogP contribution is 2.41. The van der Waals surface area contributed by atoms with Crippen LogP contribution in [0.25, 0.3) is 0 Å². The van der Waals surface area contributed by atoms with Gasteiger partial charge in [0.25, 0.3) is 8.32 Å². The number of carbonyl (C=O) groups is 1. The SMILES string of the molecule is CC(C)(C)[Si](OCC1C[C@H]1C=O)(c1ccccc1)c1ccccc1. The maximum absolute atomic E-state index is 11.0. The molecule has 3 rings (SSSR count).